The molecule has 2 aliphatic rings. The van der Waals surface area contributed by atoms with Crippen molar-refractivity contribution in [2.45, 2.75) is 52.0 Å². The average Bonchev–Trinajstić information content (AvgIpc) is 3.35. The van der Waals surface area contributed by atoms with E-state index in [9.17, 15) is 13.6 Å². The number of carbonyl (C=O) groups is 1. The van der Waals surface area contributed by atoms with Gasteiger partial charge in [-0.05, 0) is 91.8 Å². The Labute approximate surface area is 251 Å². The van der Waals surface area contributed by atoms with E-state index in [2.05, 4.69) is 29.0 Å². The van der Waals surface area contributed by atoms with Gasteiger partial charge in [-0.2, -0.15) is 0 Å². The maximum absolute atomic E-state index is 14.1. The van der Waals surface area contributed by atoms with Gasteiger partial charge in [0.15, 0.2) is 0 Å². The Bertz CT molecular complexity index is 1830. The molecule has 0 bridgehead atoms. The molecule has 1 fully saturated rings. The number of fused-ring (bicyclic) bond motifs is 1. The molecule has 43 heavy (non-hydrogen) atoms. The number of aryl methyl sites for hydroxylation is 1. The van der Waals surface area contributed by atoms with Crippen molar-refractivity contribution < 1.29 is 13.6 Å². The second-order valence-electron chi connectivity index (χ2n) is 11.7. The highest BCUT2D eigenvalue weighted by Crippen LogP contribution is 2.34. The molecule has 218 valence electrons. The Morgan fingerprint density at radius 2 is 1.81 bits per heavy atom. The number of para-hydroxylation sites is 2. The lowest BCUT2D eigenvalue weighted by Gasteiger charge is -2.32. The lowest BCUT2D eigenvalue weighted by molar-refractivity contribution is 0.0710. The number of hydrogen-bond acceptors (Lipinski definition) is 2. The molecule has 0 N–H and O–H groups in total. The first-order valence-corrected chi connectivity index (χ1v) is 14.9. The Morgan fingerprint density at radius 3 is 2.51 bits per heavy atom. The molecule has 1 aliphatic heterocycles. The molecule has 6 heteroatoms. The summed E-state index contributed by atoms with van der Waals surface area (Å²) in [6.07, 6.45) is 4.73. The number of imidazole rings is 1. The number of halogens is 2. The molecule has 0 spiro atoms. The maximum atomic E-state index is 14.1. The summed E-state index contributed by atoms with van der Waals surface area (Å²) in [5.41, 5.74) is 11.0. The van der Waals surface area contributed by atoms with Crippen molar-refractivity contribution in [1.29, 1.82) is 0 Å². The lowest BCUT2D eigenvalue weighted by Crippen LogP contribution is -2.38. The van der Waals surface area contributed by atoms with E-state index >= 15 is 0 Å². The number of rotatable bonds is 8. The zero-order valence-electron chi connectivity index (χ0n) is 24.7. The summed E-state index contributed by atoms with van der Waals surface area (Å²) in [5, 5.41) is 0. The molecule has 4 aromatic rings. The van der Waals surface area contributed by atoms with Gasteiger partial charge in [-0.15, -0.1) is 0 Å². The summed E-state index contributed by atoms with van der Waals surface area (Å²) < 4.78 is 29.7. The summed E-state index contributed by atoms with van der Waals surface area (Å²) in [6, 6.07) is 20.5. The summed E-state index contributed by atoms with van der Waals surface area (Å²) in [6.45, 7) is 9.84. The number of amides is 1. The number of allylic oxidation sites excluding steroid dienone is 3. The van der Waals surface area contributed by atoms with E-state index in [1.807, 2.05) is 61.2 Å². The van der Waals surface area contributed by atoms with Crippen LogP contribution < -0.4 is 0 Å². The van der Waals surface area contributed by atoms with Gasteiger partial charge in [-0.1, -0.05) is 54.3 Å². The van der Waals surface area contributed by atoms with Gasteiger partial charge in [0.25, 0.3) is 5.91 Å². The first-order chi connectivity index (χ1) is 20.8. The van der Waals surface area contributed by atoms with E-state index in [-0.39, 0.29) is 23.5 Å². The second kappa shape index (κ2) is 12.0. The number of aromatic nitrogens is 2. The minimum Gasteiger partial charge on any atom is -0.339 e. The summed E-state index contributed by atoms with van der Waals surface area (Å²) in [4.78, 5) is 20.5. The molecule has 0 saturated carbocycles. The van der Waals surface area contributed by atoms with Crippen molar-refractivity contribution in [1.82, 2.24) is 14.5 Å². The first kappa shape index (κ1) is 28.6. The standard InChI is InChI=1S/C37H35F2N3O/c1-24(2)11-13-33(28-7-6-8-30(38)22-28)32-14-12-29(19-25(32)3)37(43)41-17-15-27(16-18-41)36-40-34-9-4-5-10-35(34)42(36)23-26-20-31(39)21-26/h4-10,12-14,19,22,27H,1,11,15-18,20,23H2,2-3H3/b33-13-. The Kier molecular flexibility index (Phi) is 7.96. The Morgan fingerprint density at radius 1 is 1.05 bits per heavy atom. The SMILES string of the molecule is C=C(C)C/C=C(/c1cccc(F)c1)c1ccc(C(=O)N2CCC(c3nc4ccccc4n3CC3=C=C(F)C3)CC2)cc1C. The minimum atomic E-state index is -0.284. The van der Waals surface area contributed by atoms with Crippen LogP contribution in [0.25, 0.3) is 16.6 Å². The van der Waals surface area contributed by atoms with Crippen molar-refractivity contribution in [2.24, 2.45) is 0 Å². The minimum absolute atomic E-state index is 0.0139. The van der Waals surface area contributed by atoms with E-state index in [0.717, 1.165) is 63.1 Å². The molecular formula is C37H35F2N3O. The van der Waals surface area contributed by atoms with Crippen LogP contribution in [0, 0.1) is 12.7 Å². The first-order valence-electron chi connectivity index (χ1n) is 14.9. The van der Waals surface area contributed by atoms with E-state index in [0.29, 0.717) is 38.0 Å². The van der Waals surface area contributed by atoms with E-state index in [4.69, 9.17) is 4.98 Å². The molecule has 0 atom stereocenters. The monoisotopic (exact) mass is 575 g/mol. The van der Waals surface area contributed by atoms with Gasteiger partial charge in [0.1, 0.15) is 17.5 Å². The van der Waals surface area contributed by atoms with E-state index in [1.165, 1.54) is 6.07 Å². The molecule has 2 heterocycles. The van der Waals surface area contributed by atoms with Gasteiger partial charge in [0.05, 0.1) is 17.6 Å². The van der Waals surface area contributed by atoms with E-state index in [1.54, 1.807) is 12.1 Å². The molecular weight excluding hydrogens is 540 g/mol. The van der Waals surface area contributed by atoms with Gasteiger partial charge in [0, 0.05) is 36.6 Å². The van der Waals surface area contributed by atoms with E-state index < -0.39 is 0 Å². The van der Waals surface area contributed by atoms with Crippen LogP contribution in [0.3, 0.4) is 0 Å². The molecule has 1 aliphatic carbocycles. The fraction of sp³-hybridized carbons (Fsp3) is 0.270. The fourth-order valence-corrected chi connectivity index (χ4v) is 6.16. The summed E-state index contributed by atoms with van der Waals surface area (Å²) in [5.74, 6) is 0.751. The third kappa shape index (κ3) is 6.02. The number of likely N-dealkylation sites (tertiary alicyclic amines) is 1. The molecule has 0 unspecified atom stereocenters. The van der Waals surface area contributed by atoms with Crippen molar-refractivity contribution in [3.8, 4) is 0 Å². The molecule has 4 nitrogen and oxygen atoms in total. The highest BCUT2D eigenvalue weighted by Gasteiger charge is 2.29. The summed E-state index contributed by atoms with van der Waals surface area (Å²) in [7, 11) is 0. The van der Waals surface area contributed by atoms with Gasteiger partial charge in [-0.25, -0.2) is 13.8 Å². The molecule has 1 amide bonds. The van der Waals surface area contributed by atoms with Gasteiger partial charge in [0.2, 0.25) is 0 Å². The number of hydrogen-bond donors (Lipinski definition) is 0. The van der Waals surface area contributed by atoms with Crippen LogP contribution in [-0.2, 0) is 6.54 Å². The quantitative estimate of drug-likeness (QED) is 0.156. The van der Waals surface area contributed by atoms with Crippen molar-refractivity contribution >= 4 is 22.5 Å². The van der Waals surface area contributed by atoms with Crippen LogP contribution in [-0.4, -0.2) is 33.4 Å². The lowest BCUT2D eigenvalue weighted by atomic mass is 9.91. The second-order valence-corrected chi connectivity index (χ2v) is 11.7. The van der Waals surface area contributed by atoms with Crippen LogP contribution in [0.15, 0.2) is 102 Å². The van der Waals surface area contributed by atoms with Crippen molar-refractivity contribution in [3.05, 3.63) is 136 Å². The van der Waals surface area contributed by atoms with Crippen LogP contribution >= 0.6 is 0 Å². The predicted octanol–water partition coefficient (Wildman–Crippen LogP) is 8.68. The van der Waals surface area contributed by atoms with Gasteiger partial charge < -0.3 is 9.47 Å². The smallest absolute Gasteiger partial charge is 0.253 e. The topological polar surface area (TPSA) is 38.1 Å². The highest BCUT2D eigenvalue weighted by molar-refractivity contribution is 5.95. The summed E-state index contributed by atoms with van der Waals surface area (Å²) >= 11 is 0. The zero-order valence-corrected chi connectivity index (χ0v) is 24.7. The van der Waals surface area contributed by atoms with Gasteiger partial charge >= 0.3 is 0 Å². The van der Waals surface area contributed by atoms with Crippen LogP contribution in [0.5, 0.6) is 0 Å². The molecule has 6 rings (SSSR count). The largest absolute Gasteiger partial charge is 0.339 e. The van der Waals surface area contributed by atoms with Gasteiger partial charge in [-0.3, -0.25) is 4.79 Å². The predicted molar refractivity (Wildman–Crippen MR) is 168 cm³/mol. The molecule has 3 aromatic carbocycles. The number of carbonyl (C=O) groups excluding carboxylic acids is 1. The average molecular weight is 576 g/mol. The number of benzene rings is 3. The van der Waals surface area contributed by atoms with Crippen LogP contribution in [0.2, 0.25) is 0 Å². The van der Waals surface area contributed by atoms with Crippen molar-refractivity contribution in [3.63, 3.8) is 0 Å². The Hall–Kier alpha value is -4.54. The van der Waals surface area contributed by atoms with Crippen LogP contribution in [0.1, 0.15) is 71.4 Å². The zero-order chi connectivity index (χ0) is 30.1. The Balaban J connectivity index is 1.19. The molecule has 0 radical (unpaired) electrons. The number of nitrogens with zero attached hydrogens (tertiary/aromatic N) is 3. The molecule has 1 aromatic heterocycles. The van der Waals surface area contributed by atoms with Crippen LogP contribution in [0.4, 0.5) is 8.78 Å². The normalized spacial score (nSPS) is 15.7. The fourth-order valence-electron chi connectivity index (χ4n) is 6.16. The number of piperidine rings is 1. The third-order valence-corrected chi connectivity index (χ3v) is 8.42. The highest BCUT2D eigenvalue weighted by atomic mass is 19.1. The maximum Gasteiger partial charge on any atom is 0.253 e. The van der Waals surface area contributed by atoms with Crippen molar-refractivity contribution in [2.75, 3.05) is 13.1 Å². The molecule has 1 saturated heterocycles. The third-order valence-electron chi connectivity index (χ3n) is 8.42.